The van der Waals surface area contributed by atoms with Gasteiger partial charge in [-0.05, 0) is 174 Å². The minimum atomic E-state index is -0.262. The number of anilines is 5. The zero-order chi connectivity index (χ0) is 49.6. The maximum Gasteiger partial charge on any atom is 0.333 e. The van der Waals surface area contributed by atoms with E-state index >= 15 is 0 Å². The van der Waals surface area contributed by atoms with E-state index in [1.165, 1.54) is 119 Å². The SMILES string of the molecule is Cc1cc2c(cc1N1c3cc(-c4ccccc4)ccc3B3c4c(cc5c(oc6ccccc65)c41)-c1c(ccc4c1C(C)(C)c1ccccc1-4)N3c1ccc3c(c1)C(C)(C)CCC3(C)C)C(C)(C)CCC2(C)C. The first-order chi connectivity index (χ1) is 34.4. The van der Waals surface area contributed by atoms with E-state index in [1.54, 1.807) is 0 Å². The summed E-state index contributed by atoms with van der Waals surface area (Å²) in [7, 11) is 0. The second-order valence-electron chi connectivity index (χ2n) is 25.4. The monoisotopic (exact) mass is 937 g/mol. The number of nitrogens with zero attached hydrogens (tertiary/aromatic N) is 2. The van der Waals surface area contributed by atoms with Gasteiger partial charge >= 0.3 is 6.85 Å². The summed E-state index contributed by atoms with van der Waals surface area (Å²) in [5.74, 6) is 0. The lowest BCUT2D eigenvalue weighted by molar-refractivity contribution is 0.332. The molecule has 356 valence electrons. The minimum Gasteiger partial charge on any atom is -0.454 e. The van der Waals surface area contributed by atoms with Crippen LogP contribution in [0.15, 0.2) is 150 Å². The molecule has 14 rings (SSSR count). The topological polar surface area (TPSA) is 19.6 Å². The summed E-state index contributed by atoms with van der Waals surface area (Å²) in [4.78, 5) is 5.43. The molecule has 72 heavy (non-hydrogen) atoms. The van der Waals surface area contributed by atoms with Gasteiger partial charge in [0, 0.05) is 44.5 Å². The highest BCUT2D eigenvalue weighted by atomic mass is 16.3. The summed E-state index contributed by atoms with van der Waals surface area (Å²) in [6.45, 7) is 26.8. The second kappa shape index (κ2) is 14.5. The highest BCUT2D eigenvalue weighted by Crippen LogP contribution is 2.60. The van der Waals surface area contributed by atoms with Crippen LogP contribution in [0, 0.1) is 6.92 Å². The lowest BCUT2D eigenvalue weighted by Gasteiger charge is -2.48. The Morgan fingerprint density at radius 1 is 0.472 bits per heavy atom. The Bertz CT molecular complexity index is 3830. The molecule has 0 spiro atoms. The lowest BCUT2D eigenvalue weighted by Crippen LogP contribution is -2.62. The molecule has 1 aromatic heterocycles. The summed E-state index contributed by atoms with van der Waals surface area (Å²) >= 11 is 0. The van der Waals surface area contributed by atoms with Crippen LogP contribution in [-0.2, 0) is 27.1 Å². The number of hydrogen-bond donors (Lipinski definition) is 0. The van der Waals surface area contributed by atoms with Crippen molar-refractivity contribution in [1.82, 2.24) is 0 Å². The van der Waals surface area contributed by atoms with Gasteiger partial charge in [-0.1, -0.05) is 172 Å². The first kappa shape index (κ1) is 44.0. The number of fused-ring (bicyclic) bond motifs is 14. The fourth-order valence-electron chi connectivity index (χ4n) is 14.6. The third kappa shape index (κ3) is 5.87. The summed E-state index contributed by atoms with van der Waals surface area (Å²) < 4.78 is 7.41. The normalized spacial score (nSPS) is 18.7. The van der Waals surface area contributed by atoms with Gasteiger partial charge in [0.15, 0.2) is 5.58 Å². The molecule has 3 heterocycles. The number of para-hydroxylation sites is 1. The molecule has 0 unspecified atom stereocenters. The van der Waals surface area contributed by atoms with Crippen molar-refractivity contribution in [2.24, 2.45) is 0 Å². The van der Waals surface area contributed by atoms with Crippen LogP contribution in [-0.4, -0.2) is 6.85 Å². The molecule has 8 aromatic carbocycles. The van der Waals surface area contributed by atoms with Crippen LogP contribution >= 0.6 is 0 Å². The van der Waals surface area contributed by atoms with E-state index in [2.05, 4.69) is 231 Å². The Kier molecular flexibility index (Phi) is 8.83. The zero-order valence-electron chi connectivity index (χ0n) is 44.1. The zero-order valence-corrected chi connectivity index (χ0v) is 44.1. The van der Waals surface area contributed by atoms with Crippen molar-refractivity contribution in [1.29, 1.82) is 0 Å². The van der Waals surface area contributed by atoms with Crippen molar-refractivity contribution >= 4 is 68.1 Å². The molecule has 0 N–H and O–H groups in total. The first-order valence-electron chi connectivity index (χ1n) is 26.7. The average Bonchev–Trinajstić information content (AvgIpc) is 3.86. The van der Waals surface area contributed by atoms with E-state index in [1.807, 2.05) is 0 Å². The smallest absolute Gasteiger partial charge is 0.333 e. The minimum absolute atomic E-state index is 0.0107. The Labute approximate surface area is 427 Å². The average molecular weight is 937 g/mol. The molecule has 2 aliphatic heterocycles. The van der Waals surface area contributed by atoms with Gasteiger partial charge in [-0.3, -0.25) is 0 Å². The van der Waals surface area contributed by atoms with Gasteiger partial charge in [-0.2, -0.15) is 0 Å². The van der Waals surface area contributed by atoms with Crippen LogP contribution in [0.3, 0.4) is 0 Å². The van der Waals surface area contributed by atoms with E-state index < -0.39 is 0 Å². The van der Waals surface area contributed by atoms with Gasteiger partial charge in [-0.25, -0.2) is 0 Å². The quantitative estimate of drug-likeness (QED) is 0.165. The number of aryl methyl sites for hydroxylation is 1. The molecule has 0 amide bonds. The van der Waals surface area contributed by atoms with Gasteiger partial charge in [0.1, 0.15) is 5.58 Å². The van der Waals surface area contributed by atoms with Crippen LogP contribution in [0.2, 0.25) is 0 Å². The predicted molar refractivity (Wildman–Crippen MR) is 306 cm³/mol. The van der Waals surface area contributed by atoms with E-state index in [9.17, 15) is 0 Å². The molecule has 4 heteroatoms. The van der Waals surface area contributed by atoms with Crippen molar-refractivity contribution < 1.29 is 4.42 Å². The molecule has 0 bridgehead atoms. The van der Waals surface area contributed by atoms with E-state index in [-0.39, 0.29) is 33.9 Å². The van der Waals surface area contributed by atoms with Crippen LogP contribution in [0.1, 0.15) is 134 Å². The summed E-state index contributed by atoms with van der Waals surface area (Å²) in [5, 5.41) is 2.31. The van der Waals surface area contributed by atoms with E-state index in [0.717, 1.165) is 40.5 Å². The van der Waals surface area contributed by atoms with Crippen molar-refractivity contribution in [2.45, 2.75) is 129 Å². The molecule has 0 saturated heterocycles. The number of furan rings is 1. The molecule has 0 saturated carbocycles. The highest BCUT2D eigenvalue weighted by molar-refractivity contribution is 6.94. The van der Waals surface area contributed by atoms with E-state index in [4.69, 9.17) is 4.42 Å². The van der Waals surface area contributed by atoms with Gasteiger partial charge in [0.2, 0.25) is 0 Å². The number of rotatable bonds is 3. The van der Waals surface area contributed by atoms with E-state index in [0.29, 0.717) is 0 Å². The molecule has 0 radical (unpaired) electrons. The van der Waals surface area contributed by atoms with Crippen molar-refractivity contribution in [2.75, 3.05) is 9.71 Å². The molecule has 3 aliphatic carbocycles. The summed E-state index contributed by atoms with van der Waals surface area (Å²) in [6, 6.07) is 56.4. The first-order valence-corrected chi connectivity index (χ1v) is 26.7. The van der Waals surface area contributed by atoms with Crippen LogP contribution in [0.25, 0.3) is 55.3 Å². The third-order valence-corrected chi connectivity index (χ3v) is 18.9. The van der Waals surface area contributed by atoms with Crippen LogP contribution < -0.4 is 20.6 Å². The maximum atomic E-state index is 7.41. The highest BCUT2D eigenvalue weighted by Gasteiger charge is 2.51. The Morgan fingerprint density at radius 2 is 1.12 bits per heavy atom. The predicted octanol–water partition coefficient (Wildman–Crippen LogP) is 17.3. The van der Waals surface area contributed by atoms with Crippen molar-refractivity contribution in [3.8, 4) is 33.4 Å². The molecule has 5 aliphatic rings. The molecule has 0 fully saturated rings. The Morgan fingerprint density at radius 3 is 1.88 bits per heavy atom. The van der Waals surface area contributed by atoms with Gasteiger partial charge < -0.3 is 14.1 Å². The molecular formula is C68H65BN2O. The Balaban J connectivity index is 1.17. The number of benzene rings is 8. The van der Waals surface area contributed by atoms with Gasteiger partial charge in [0.25, 0.3) is 0 Å². The molecular weight excluding hydrogens is 872 g/mol. The van der Waals surface area contributed by atoms with Crippen LogP contribution in [0.5, 0.6) is 0 Å². The van der Waals surface area contributed by atoms with Crippen molar-refractivity contribution in [3.05, 3.63) is 185 Å². The van der Waals surface area contributed by atoms with Gasteiger partial charge in [0.05, 0.1) is 5.69 Å². The third-order valence-electron chi connectivity index (χ3n) is 18.9. The second-order valence-corrected chi connectivity index (χ2v) is 25.4. The van der Waals surface area contributed by atoms with Crippen LogP contribution in [0.4, 0.5) is 28.4 Å². The molecule has 0 atom stereocenters. The summed E-state index contributed by atoms with van der Waals surface area (Å²) in [6.07, 6.45) is 4.65. The largest absolute Gasteiger partial charge is 0.454 e. The Hall–Kier alpha value is -6.78. The molecule has 3 nitrogen and oxygen atoms in total. The molecule has 9 aromatic rings. The maximum absolute atomic E-state index is 7.41. The fourth-order valence-corrected chi connectivity index (χ4v) is 14.6. The summed E-state index contributed by atoms with van der Waals surface area (Å²) in [5.41, 5.74) is 28.2. The number of hydrogen-bond acceptors (Lipinski definition) is 3. The fraction of sp³-hybridized carbons (Fsp3) is 0.294. The van der Waals surface area contributed by atoms with Gasteiger partial charge in [-0.15, -0.1) is 0 Å². The van der Waals surface area contributed by atoms with Crippen molar-refractivity contribution in [3.63, 3.8) is 0 Å². The lowest BCUT2D eigenvalue weighted by atomic mass is 9.43. The standard InChI is InChI=1S/C68H65BN2O/c1-40-35-51-53(67(8,9)34-33-65(51,4)5)39-56(40)70-57-36-42(41-19-13-12-14-20-41)25-29-54(57)69-61-48(38-47-45-22-16-18-24-58(45)72-63(47)62(61)70)59-55(30-27-46-44-21-15-17-23-49(44)68(10,11)60(46)59)71(69)43-26-28-50-52(37-43)66(6,7)32-31-64(50,2)3/h12-30,35-39H,31-34H2,1-11H3.